The lowest BCUT2D eigenvalue weighted by Gasteiger charge is -2.13. The van der Waals surface area contributed by atoms with Gasteiger partial charge in [0.05, 0.1) is 29.1 Å². The molecular weight excluding hydrogens is 347 g/mol. The topological polar surface area (TPSA) is 103 Å². The van der Waals surface area contributed by atoms with Gasteiger partial charge in [-0.3, -0.25) is 4.79 Å². The van der Waals surface area contributed by atoms with Crippen molar-refractivity contribution in [3.05, 3.63) is 71.8 Å². The monoisotopic (exact) mass is 362 g/mol. The van der Waals surface area contributed by atoms with Crippen molar-refractivity contribution in [2.45, 2.75) is 0 Å². The van der Waals surface area contributed by atoms with Crippen molar-refractivity contribution in [1.29, 1.82) is 5.26 Å². The molecule has 7 nitrogen and oxygen atoms in total. The molecule has 134 valence electrons. The second-order valence-corrected chi connectivity index (χ2v) is 5.50. The van der Waals surface area contributed by atoms with Crippen molar-refractivity contribution in [3.63, 3.8) is 0 Å². The number of pyridine rings is 2. The molecule has 0 atom stereocenters. The van der Waals surface area contributed by atoms with E-state index in [-0.39, 0.29) is 5.91 Å². The fourth-order valence-electron chi connectivity index (χ4n) is 2.31. The highest BCUT2D eigenvalue weighted by Gasteiger charge is 2.13. The maximum absolute atomic E-state index is 13.0. The Morgan fingerprint density at radius 2 is 1.78 bits per heavy atom. The van der Waals surface area contributed by atoms with Gasteiger partial charge in [-0.15, -0.1) is 0 Å². The summed E-state index contributed by atoms with van der Waals surface area (Å²) < 4.78 is 13.0. The molecule has 0 spiro atoms. The average Bonchev–Trinajstić information content (AvgIpc) is 2.70. The summed E-state index contributed by atoms with van der Waals surface area (Å²) in [4.78, 5) is 20.3. The number of hydrogen-bond acceptors (Lipinski definition) is 6. The van der Waals surface area contributed by atoms with Gasteiger partial charge in [-0.05, 0) is 36.4 Å². The SMILES string of the molecule is CNC(=O)c1cnc(Nc2ccc(F)cn2)cc1Nc1ccc(C#N)cc1. The van der Waals surface area contributed by atoms with Crippen LogP contribution in [0.2, 0.25) is 0 Å². The molecule has 0 fully saturated rings. The maximum atomic E-state index is 13.0. The third-order valence-corrected chi connectivity index (χ3v) is 3.65. The van der Waals surface area contributed by atoms with Crippen LogP contribution in [0.3, 0.4) is 0 Å². The summed E-state index contributed by atoms with van der Waals surface area (Å²) in [6.45, 7) is 0. The van der Waals surface area contributed by atoms with Crippen LogP contribution in [0.1, 0.15) is 15.9 Å². The Bertz CT molecular complexity index is 996. The predicted molar refractivity (Wildman–Crippen MR) is 99.5 cm³/mol. The van der Waals surface area contributed by atoms with E-state index in [0.717, 1.165) is 6.20 Å². The van der Waals surface area contributed by atoms with Crippen molar-refractivity contribution in [3.8, 4) is 6.07 Å². The van der Waals surface area contributed by atoms with Gasteiger partial charge in [0, 0.05) is 25.0 Å². The molecule has 0 aliphatic rings. The highest BCUT2D eigenvalue weighted by atomic mass is 19.1. The number of carbonyl (C=O) groups is 1. The van der Waals surface area contributed by atoms with Gasteiger partial charge in [0.1, 0.15) is 17.5 Å². The summed E-state index contributed by atoms with van der Waals surface area (Å²) in [5, 5.41) is 17.6. The molecule has 27 heavy (non-hydrogen) atoms. The fraction of sp³-hybridized carbons (Fsp3) is 0.0526. The average molecular weight is 362 g/mol. The zero-order valence-corrected chi connectivity index (χ0v) is 14.3. The minimum Gasteiger partial charge on any atom is -0.355 e. The molecule has 3 N–H and O–H groups in total. The number of rotatable bonds is 5. The number of nitrogens with one attached hydrogen (secondary N) is 3. The Hall–Kier alpha value is -3.99. The summed E-state index contributed by atoms with van der Waals surface area (Å²) in [7, 11) is 1.53. The number of carbonyl (C=O) groups excluding carboxylic acids is 1. The number of benzene rings is 1. The zero-order chi connectivity index (χ0) is 19.2. The molecule has 0 aliphatic heterocycles. The largest absolute Gasteiger partial charge is 0.355 e. The van der Waals surface area contributed by atoms with E-state index in [4.69, 9.17) is 5.26 Å². The summed E-state index contributed by atoms with van der Waals surface area (Å²) >= 11 is 0. The first kappa shape index (κ1) is 17.8. The molecule has 2 aromatic heterocycles. The van der Waals surface area contributed by atoms with Crippen LogP contribution in [0.4, 0.5) is 27.4 Å². The molecular formula is C19H15FN6O. The van der Waals surface area contributed by atoms with Gasteiger partial charge in [-0.2, -0.15) is 5.26 Å². The first-order valence-corrected chi connectivity index (χ1v) is 7.97. The van der Waals surface area contributed by atoms with Crippen LogP contribution in [0.25, 0.3) is 0 Å². The molecule has 8 heteroatoms. The van der Waals surface area contributed by atoms with Crippen molar-refractivity contribution < 1.29 is 9.18 Å². The standard InChI is InChI=1S/C19H15FN6O/c1-22-19(27)15-11-24-18(26-17-7-4-13(20)10-23-17)8-16(15)25-14-5-2-12(9-21)3-6-14/h2-8,10-11H,1H3,(H,22,27)(H2,23,24,25,26). The molecule has 0 unspecified atom stereocenters. The maximum Gasteiger partial charge on any atom is 0.254 e. The molecule has 0 radical (unpaired) electrons. The number of anilines is 4. The van der Waals surface area contributed by atoms with Crippen LogP contribution < -0.4 is 16.0 Å². The molecule has 0 bridgehead atoms. The van der Waals surface area contributed by atoms with Gasteiger partial charge >= 0.3 is 0 Å². The quantitative estimate of drug-likeness (QED) is 0.643. The normalized spacial score (nSPS) is 9.96. The Labute approximate surface area is 154 Å². The van der Waals surface area contributed by atoms with Crippen LogP contribution in [-0.4, -0.2) is 22.9 Å². The highest BCUT2D eigenvalue weighted by Crippen LogP contribution is 2.25. The molecule has 0 saturated carbocycles. The smallest absolute Gasteiger partial charge is 0.254 e. The van der Waals surface area contributed by atoms with Gasteiger partial charge in [0.25, 0.3) is 5.91 Å². The first-order valence-electron chi connectivity index (χ1n) is 7.97. The van der Waals surface area contributed by atoms with E-state index in [2.05, 4.69) is 32.0 Å². The Morgan fingerprint density at radius 3 is 2.41 bits per heavy atom. The van der Waals surface area contributed by atoms with E-state index < -0.39 is 5.82 Å². The second-order valence-electron chi connectivity index (χ2n) is 5.50. The van der Waals surface area contributed by atoms with Gasteiger partial charge in [-0.25, -0.2) is 14.4 Å². The van der Waals surface area contributed by atoms with Crippen molar-refractivity contribution in [2.24, 2.45) is 0 Å². The summed E-state index contributed by atoms with van der Waals surface area (Å²) in [6, 6.07) is 13.3. The molecule has 3 aromatic rings. The van der Waals surface area contributed by atoms with Crippen molar-refractivity contribution in [2.75, 3.05) is 17.7 Å². The van der Waals surface area contributed by atoms with Crippen LogP contribution >= 0.6 is 0 Å². The Balaban J connectivity index is 1.91. The van der Waals surface area contributed by atoms with E-state index in [1.165, 1.54) is 25.4 Å². The fourth-order valence-corrected chi connectivity index (χ4v) is 2.31. The zero-order valence-electron chi connectivity index (χ0n) is 14.3. The van der Waals surface area contributed by atoms with Crippen LogP contribution in [-0.2, 0) is 0 Å². The first-order chi connectivity index (χ1) is 13.1. The third-order valence-electron chi connectivity index (χ3n) is 3.65. The number of nitriles is 1. The lowest BCUT2D eigenvalue weighted by molar-refractivity contribution is 0.0963. The lowest BCUT2D eigenvalue weighted by Crippen LogP contribution is -2.19. The number of nitrogens with zero attached hydrogens (tertiary/aromatic N) is 3. The van der Waals surface area contributed by atoms with Crippen molar-refractivity contribution in [1.82, 2.24) is 15.3 Å². The number of amides is 1. The van der Waals surface area contributed by atoms with E-state index in [9.17, 15) is 9.18 Å². The molecule has 0 aliphatic carbocycles. The summed E-state index contributed by atoms with van der Waals surface area (Å²) in [6.07, 6.45) is 2.52. The van der Waals surface area contributed by atoms with Gasteiger partial charge in [0.15, 0.2) is 0 Å². The Kier molecular flexibility index (Phi) is 5.23. The molecule has 1 amide bonds. The highest BCUT2D eigenvalue weighted by molar-refractivity contribution is 6.00. The molecule has 3 rings (SSSR count). The number of halogens is 1. The summed E-state index contributed by atoms with van der Waals surface area (Å²) in [5.74, 6) is 0.107. The minimum atomic E-state index is -0.438. The van der Waals surface area contributed by atoms with Crippen LogP contribution in [0.5, 0.6) is 0 Å². The number of aromatic nitrogens is 2. The van der Waals surface area contributed by atoms with Gasteiger partial charge in [-0.1, -0.05) is 0 Å². The summed E-state index contributed by atoms with van der Waals surface area (Å²) in [5.41, 5.74) is 2.10. The second kappa shape index (κ2) is 7.93. The van der Waals surface area contributed by atoms with Crippen LogP contribution in [0.15, 0.2) is 54.9 Å². The van der Waals surface area contributed by atoms with E-state index >= 15 is 0 Å². The minimum absolute atomic E-state index is 0.301. The Morgan fingerprint density at radius 1 is 1.04 bits per heavy atom. The predicted octanol–water partition coefficient (Wildman–Crippen LogP) is 3.33. The van der Waals surface area contributed by atoms with E-state index in [1.54, 1.807) is 30.3 Å². The lowest BCUT2D eigenvalue weighted by atomic mass is 10.2. The molecule has 1 aromatic carbocycles. The number of hydrogen-bond donors (Lipinski definition) is 3. The van der Waals surface area contributed by atoms with E-state index in [1.807, 2.05) is 0 Å². The van der Waals surface area contributed by atoms with Crippen LogP contribution in [0, 0.1) is 17.1 Å². The van der Waals surface area contributed by atoms with Gasteiger partial charge in [0.2, 0.25) is 0 Å². The molecule has 2 heterocycles. The van der Waals surface area contributed by atoms with E-state index in [0.29, 0.717) is 34.1 Å². The van der Waals surface area contributed by atoms with Crippen molar-refractivity contribution >= 4 is 28.9 Å². The third kappa shape index (κ3) is 4.35. The van der Waals surface area contributed by atoms with Gasteiger partial charge < -0.3 is 16.0 Å². The molecule has 0 saturated heterocycles.